The number of carbonyl (C=O) groups is 1. The highest BCUT2D eigenvalue weighted by Gasteiger charge is 2.24. The van der Waals surface area contributed by atoms with Crippen molar-refractivity contribution in [3.63, 3.8) is 0 Å². The van der Waals surface area contributed by atoms with Crippen LogP contribution in [0.1, 0.15) is 33.1 Å². The molecule has 0 radical (unpaired) electrons. The Morgan fingerprint density at radius 1 is 1.00 bits per heavy atom. The maximum atomic E-state index is 15.4. The van der Waals surface area contributed by atoms with Gasteiger partial charge in [0.05, 0.1) is 24.0 Å². The number of anilines is 4. The summed E-state index contributed by atoms with van der Waals surface area (Å²) in [5.41, 5.74) is 1.68. The third-order valence-electron chi connectivity index (χ3n) is 8.64. The molecule has 2 aliphatic heterocycles. The van der Waals surface area contributed by atoms with E-state index in [-0.39, 0.29) is 17.6 Å². The molecule has 2 fully saturated rings. The predicted molar refractivity (Wildman–Crippen MR) is 179 cm³/mol. The van der Waals surface area contributed by atoms with Crippen LogP contribution in [0.5, 0.6) is 17.2 Å². The Morgan fingerprint density at radius 2 is 1.76 bits per heavy atom. The molecule has 4 heterocycles. The number of amides is 1. The number of aromatic nitrogens is 3. The molecule has 2 saturated heterocycles. The number of rotatable bonds is 9. The number of halogens is 1. The molecule has 2 atom stereocenters. The number of hydrogen-bond acceptors (Lipinski definition) is 9. The molecule has 2 aromatic carbocycles. The summed E-state index contributed by atoms with van der Waals surface area (Å²) in [4.78, 5) is 29.5. The van der Waals surface area contributed by atoms with Gasteiger partial charge >= 0.3 is 0 Å². The maximum absolute atomic E-state index is 15.4. The van der Waals surface area contributed by atoms with Gasteiger partial charge in [0.25, 0.3) is 0 Å². The number of piperidine rings is 2. The predicted octanol–water partition coefficient (Wildman–Crippen LogP) is 6.78. The van der Waals surface area contributed by atoms with Crippen molar-refractivity contribution >= 4 is 39.8 Å². The summed E-state index contributed by atoms with van der Waals surface area (Å²) in [6.07, 6.45) is 7.30. The minimum absolute atomic E-state index is 0.0508. The fourth-order valence-corrected chi connectivity index (χ4v) is 6.47. The lowest BCUT2D eigenvalue weighted by Crippen LogP contribution is -2.41. The second kappa shape index (κ2) is 13.6. The third kappa shape index (κ3) is 6.98. The smallest absolute Gasteiger partial charge is 0.245 e. The minimum atomic E-state index is -0.482. The molecule has 10 nitrogen and oxygen atoms in total. The summed E-state index contributed by atoms with van der Waals surface area (Å²) in [6, 6.07) is 12.3. The standard InChI is InChI=1S/C35H40FN7O3/c1-5-34(44)42-12-9-24(10-13-42)40-31-17-27-30(18-32(31)45-4)38-21-39-35(27)41-29-7-6-25(15-28(29)36)46-26-8-11-37-33(16-26)43-19-22(2)14-23(3)20-43/h5-8,11,15-18,21-24,40H,1,9-10,12-14,19-20H2,2-4H3,(H,38,39,41)/t22-,23+. The van der Waals surface area contributed by atoms with E-state index in [0.29, 0.717) is 58.9 Å². The molecule has 2 N–H and O–H groups in total. The van der Waals surface area contributed by atoms with Crippen LogP contribution in [0.2, 0.25) is 0 Å². The topological polar surface area (TPSA) is 105 Å². The Kier molecular flexibility index (Phi) is 9.18. The molecule has 2 aliphatic rings. The van der Waals surface area contributed by atoms with Crippen LogP contribution >= 0.6 is 0 Å². The number of carbonyl (C=O) groups excluding carboxylic acids is 1. The second-order valence-corrected chi connectivity index (χ2v) is 12.3. The summed E-state index contributed by atoms with van der Waals surface area (Å²) in [7, 11) is 1.61. The lowest BCUT2D eigenvalue weighted by molar-refractivity contribution is -0.126. The Labute approximate surface area is 268 Å². The van der Waals surface area contributed by atoms with Crippen molar-refractivity contribution in [2.45, 2.75) is 39.2 Å². The number of hydrogen-bond donors (Lipinski definition) is 2. The average Bonchev–Trinajstić information content (AvgIpc) is 3.05. The van der Waals surface area contributed by atoms with E-state index in [1.807, 2.05) is 18.2 Å². The molecular weight excluding hydrogens is 585 g/mol. The Balaban J connectivity index is 1.17. The lowest BCUT2D eigenvalue weighted by Gasteiger charge is -2.35. The van der Waals surface area contributed by atoms with E-state index >= 15 is 4.39 Å². The van der Waals surface area contributed by atoms with E-state index in [0.717, 1.165) is 37.4 Å². The number of benzene rings is 2. The number of ether oxygens (including phenoxy) is 2. The van der Waals surface area contributed by atoms with E-state index in [2.05, 4.69) is 50.9 Å². The molecule has 240 valence electrons. The quantitative estimate of drug-likeness (QED) is 0.195. The zero-order valence-corrected chi connectivity index (χ0v) is 26.5. The van der Waals surface area contributed by atoms with Gasteiger partial charge in [-0.25, -0.2) is 19.3 Å². The zero-order valence-electron chi connectivity index (χ0n) is 26.5. The molecule has 4 aromatic rings. The van der Waals surface area contributed by atoms with Gasteiger partial charge in [-0.3, -0.25) is 4.79 Å². The fraction of sp³-hybridized carbons (Fsp3) is 0.371. The van der Waals surface area contributed by atoms with Crippen LogP contribution in [0, 0.1) is 17.7 Å². The average molecular weight is 626 g/mol. The first-order valence-corrected chi connectivity index (χ1v) is 15.8. The Hall–Kier alpha value is -4.93. The minimum Gasteiger partial charge on any atom is -0.495 e. The Morgan fingerprint density at radius 3 is 2.48 bits per heavy atom. The van der Waals surface area contributed by atoms with Gasteiger partial charge in [-0.1, -0.05) is 20.4 Å². The highest BCUT2D eigenvalue weighted by atomic mass is 19.1. The van der Waals surface area contributed by atoms with Gasteiger partial charge in [0.1, 0.15) is 41.0 Å². The molecule has 2 aromatic heterocycles. The summed E-state index contributed by atoms with van der Waals surface area (Å²) in [5, 5.41) is 7.41. The highest BCUT2D eigenvalue weighted by molar-refractivity contribution is 5.95. The van der Waals surface area contributed by atoms with Crippen LogP contribution in [-0.4, -0.2) is 65.1 Å². The van der Waals surface area contributed by atoms with E-state index in [1.165, 1.54) is 24.9 Å². The number of nitrogens with zero attached hydrogens (tertiary/aromatic N) is 5. The van der Waals surface area contributed by atoms with E-state index in [4.69, 9.17) is 9.47 Å². The summed E-state index contributed by atoms with van der Waals surface area (Å²) < 4.78 is 27.2. The van der Waals surface area contributed by atoms with Crippen molar-refractivity contribution in [1.82, 2.24) is 19.9 Å². The first-order chi connectivity index (χ1) is 22.3. The molecule has 0 bridgehead atoms. The number of methoxy groups -OCH3 is 1. The van der Waals surface area contributed by atoms with E-state index < -0.39 is 5.82 Å². The molecule has 0 unspecified atom stereocenters. The molecule has 11 heteroatoms. The number of fused-ring (bicyclic) bond motifs is 1. The van der Waals surface area contributed by atoms with E-state index in [9.17, 15) is 4.79 Å². The molecule has 46 heavy (non-hydrogen) atoms. The zero-order chi connectivity index (χ0) is 32.2. The number of nitrogens with one attached hydrogen (secondary N) is 2. The van der Waals surface area contributed by atoms with E-state index in [1.54, 1.807) is 36.4 Å². The van der Waals surface area contributed by atoms with Crippen LogP contribution in [0.4, 0.5) is 27.4 Å². The van der Waals surface area contributed by atoms with Crippen LogP contribution in [0.3, 0.4) is 0 Å². The van der Waals surface area contributed by atoms with Gasteiger partial charge < -0.3 is 29.9 Å². The van der Waals surface area contributed by atoms with Crippen molar-refractivity contribution in [2.24, 2.45) is 11.8 Å². The second-order valence-electron chi connectivity index (χ2n) is 12.3. The fourth-order valence-electron chi connectivity index (χ4n) is 6.47. The maximum Gasteiger partial charge on any atom is 0.245 e. The molecule has 6 rings (SSSR count). The molecular formula is C35H40FN7O3. The van der Waals surface area contributed by atoms with Gasteiger partial charge in [0.2, 0.25) is 5.91 Å². The summed E-state index contributed by atoms with van der Waals surface area (Å²) in [5.74, 6) is 3.60. The summed E-state index contributed by atoms with van der Waals surface area (Å²) >= 11 is 0. The molecule has 0 saturated carbocycles. The number of likely N-dealkylation sites (tertiary alicyclic amines) is 1. The monoisotopic (exact) mass is 625 g/mol. The first-order valence-electron chi connectivity index (χ1n) is 15.8. The number of pyridine rings is 1. The van der Waals surface area contributed by atoms with Crippen LogP contribution in [-0.2, 0) is 4.79 Å². The van der Waals surface area contributed by atoms with Crippen molar-refractivity contribution in [2.75, 3.05) is 48.8 Å². The van der Waals surface area contributed by atoms with Gasteiger partial charge in [-0.05, 0) is 61.4 Å². The van der Waals surface area contributed by atoms with Gasteiger partial charge in [0, 0.05) is 62.0 Å². The first kappa shape index (κ1) is 31.1. The molecule has 1 amide bonds. The molecule has 0 aliphatic carbocycles. The lowest BCUT2D eigenvalue weighted by atomic mass is 9.92. The van der Waals surface area contributed by atoms with Crippen LogP contribution < -0.4 is 25.0 Å². The van der Waals surface area contributed by atoms with Crippen molar-refractivity contribution in [1.29, 1.82) is 0 Å². The summed E-state index contributed by atoms with van der Waals surface area (Å²) in [6.45, 7) is 11.3. The van der Waals surface area contributed by atoms with Crippen molar-refractivity contribution in [3.05, 3.63) is 73.5 Å². The van der Waals surface area contributed by atoms with Crippen molar-refractivity contribution in [3.8, 4) is 17.2 Å². The SMILES string of the molecule is C=CC(=O)N1CCC(Nc2cc3c(Nc4ccc(Oc5ccnc(N6C[C@H](C)C[C@H](C)C6)c5)cc4F)ncnc3cc2OC)CC1. The normalized spacial score (nSPS) is 18.7. The van der Waals surface area contributed by atoms with Crippen LogP contribution in [0.15, 0.2) is 67.6 Å². The van der Waals surface area contributed by atoms with Crippen molar-refractivity contribution < 1.29 is 18.7 Å². The largest absolute Gasteiger partial charge is 0.495 e. The van der Waals surface area contributed by atoms with Gasteiger partial charge in [-0.2, -0.15) is 0 Å². The molecule has 0 spiro atoms. The highest BCUT2D eigenvalue weighted by Crippen LogP contribution is 2.36. The third-order valence-corrected chi connectivity index (χ3v) is 8.64. The van der Waals surface area contributed by atoms with Gasteiger partial charge in [-0.15, -0.1) is 0 Å². The van der Waals surface area contributed by atoms with Gasteiger partial charge in [0.15, 0.2) is 0 Å². The van der Waals surface area contributed by atoms with Crippen LogP contribution in [0.25, 0.3) is 10.9 Å². The Bertz CT molecular complexity index is 1720.